The van der Waals surface area contributed by atoms with Crippen LogP contribution in [0.15, 0.2) is 24.7 Å². The van der Waals surface area contributed by atoms with Crippen LogP contribution in [0.5, 0.6) is 0 Å². The molecule has 1 atom stereocenters. The molecule has 4 heterocycles. The minimum absolute atomic E-state index is 0.0230. The van der Waals surface area contributed by atoms with Crippen LogP contribution in [0.1, 0.15) is 44.0 Å². The van der Waals surface area contributed by atoms with Gasteiger partial charge in [0.25, 0.3) is 0 Å². The van der Waals surface area contributed by atoms with Crippen LogP contribution in [0.25, 0.3) is 16.9 Å². The van der Waals surface area contributed by atoms with Crippen molar-refractivity contribution in [1.82, 2.24) is 29.5 Å². The van der Waals surface area contributed by atoms with Crippen molar-refractivity contribution in [2.45, 2.75) is 32.7 Å². The van der Waals surface area contributed by atoms with Crippen LogP contribution in [0.3, 0.4) is 0 Å². The van der Waals surface area contributed by atoms with Gasteiger partial charge in [-0.25, -0.2) is 13.9 Å². The Morgan fingerprint density at radius 1 is 1.06 bits per heavy atom. The highest BCUT2D eigenvalue weighted by Crippen LogP contribution is 2.34. The van der Waals surface area contributed by atoms with Gasteiger partial charge in [-0.15, -0.1) is 0 Å². The molecular formula is C20H20Cl2FN9. The Bertz CT molecular complexity index is 1320. The molecule has 0 unspecified atom stereocenters. The van der Waals surface area contributed by atoms with Crippen LogP contribution >= 0.6 is 23.2 Å². The van der Waals surface area contributed by atoms with Gasteiger partial charge < -0.3 is 16.8 Å². The van der Waals surface area contributed by atoms with Crippen LogP contribution in [0, 0.1) is 5.82 Å². The maximum Gasteiger partial charge on any atom is 0.224 e. The topological polar surface area (TPSA) is 133 Å². The molecule has 5 N–H and O–H groups in total. The highest BCUT2D eigenvalue weighted by Gasteiger charge is 2.22. The van der Waals surface area contributed by atoms with E-state index in [2.05, 4.69) is 25.4 Å². The molecule has 9 nitrogen and oxygen atoms in total. The second-order valence-electron chi connectivity index (χ2n) is 7.55. The monoisotopic (exact) mass is 475 g/mol. The molecule has 0 bridgehead atoms. The molecule has 0 amide bonds. The lowest BCUT2D eigenvalue weighted by Gasteiger charge is -2.19. The summed E-state index contributed by atoms with van der Waals surface area (Å²) in [5.74, 6) is -0.109. The fourth-order valence-electron chi connectivity index (χ4n) is 3.30. The zero-order valence-corrected chi connectivity index (χ0v) is 18.9. The van der Waals surface area contributed by atoms with E-state index in [-0.39, 0.29) is 28.5 Å². The summed E-state index contributed by atoms with van der Waals surface area (Å²) >= 11 is 12.8. The van der Waals surface area contributed by atoms with E-state index >= 15 is 0 Å². The van der Waals surface area contributed by atoms with Crippen LogP contribution in [-0.2, 0) is 0 Å². The highest BCUT2D eigenvalue weighted by molar-refractivity contribution is 6.35. The number of nitrogens with zero attached hydrogens (tertiary/aromatic N) is 6. The number of nitrogens with one attached hydrogen (secondary N) is 1. The average Bonchev–Trinajstić information content (AvgIpc) is 3.06. The van der Waals surface area contributed by atoms with E-state index in [1.165, 1.54) is 12.3 Å². The Labute approximate surface area is 193 Å². The molecule has 4 aromatic heterocycles. The number of hydrogen-bond donors (Lipinski definition) is 3. The smallest absolute Gasteiger partial charge is 0.224 e. The lowest BCUT2D eigenvalue weighted by atomic mass is 10.0. The van der Waals surface area contributed by atoms with Gasteiger partial charge in [0.1, 0.15) is 21.7 Å². The summed E-state index contributed by atoms with van der Waals surface area (Å²) in [4.78, 5) is 16.6. The number of aromatic nitrogens is 6. The predicted molar refractivity (Wildman–Crippen MR) is 123 cm³/mol. The number of anilines is 3. The molecule has 12 heteroatoms. The standard InChI is InChI=1S/C20H20Cl2FN9/c1-8(2)15-13(21)19-28-16(10-4-11(23)6-26-5-10)12(7-32(19)31-15)9(3)27-18-14(22)17(24)29-20(25)30-18/h4-9H,1-3H3,(H5,24,25,27,29,30)/t9-/m0/s1. The van der Waals surface area contributed by atoms with Crippen molar-refractivity contribution in [3.05, 3.63) is 51.8 Å². The van der Waals surface area contributed by atoms with Gasteiger partial charge in [-0.1, -0.05) is 37.0 Å². The van der Waals surface area contributed by atoms with Crippen molar-refractivity contribution in [1.29, 1.82) is 0 Å². The number of rotatable bonds is 5. The second-order valence-corrected chi connectivity index (χ2v) is 8.31. The summed E-state index contributed by atoms with van der Waals surface area (Å²) in [6.07, 6.45) is 4.43. The van der Waals surface area contributed by atoms with Gasteiger partial charge in [0.15, 0.2) is 11.5 Å². The normalized spacial score (nSPS) is 12.5. The molecule has 0 aliphatic carbocycles. The molecule has 4 aromatic rings. The second kappa shape index (κ2) is 8.36. The summed E-state index contributed by atoms with van der Waals surface area (Å²) < 4.78 is 15.6. The third-order valence-corrected chi connectivity index (χ3v) is 5.58. The van der Waals surface area contributed by atoms with Crippen LogP contribution in [0.4, 0.5) is 22.0 Å². The first kappa shape index (κ1) is 22.0. The molecule has 166 valence electrons. The number of nitrogen functional groups attached to an aromatic ring is 2. The van der Waals surface area contributed by atoms with Crippen molar-refractivity contribution in [3.63, 3.8) is 0 Å². The molecule has 0 aliphatic heterocycles. The number of nitrogens with two attached hydrogens (primary N) is 2. The van der Waals surface area contributed by atoms with E-state index in [1.807, 2.05) is 20.8 Å². The first-order valence-corrected chi connectivity index (χ1v) is 10.5. The molecule has 0 saturated carbocycles. The maximum absolute atomic E-state index is 14.0. The Balaban J connectivity index is 1.89. The maximum atomic E-state index is 14.0. The number of pyridine rings is 1. The minimum Gasteiger partial charge on any atom is -0.382 e. The Hall–Kier alpha value is -3.24. The van der Waals surface area contributed by atoms with E-state index in [1.54, 1.807) is 10.7 Å². The van der Waals surface area contributed by atoms with Crippen molar-refractivity contribution >= 4 is 46.4 Å². The number of hydrogen-bond acceptors (Lipinski definition) is 8. The van der Waals surface area contributed by atoms with E-state index in [0.717, 1.165) is 6.20 Å². The van der Waals surface area contributed by atoms with E-state index in [4.69, 9.17) is 39.7 Å². The average molecular weight is 476 g/mol. The third-order valence-electron chi connectivity index (χ3n) is 4.85. The molecule has 0 spiro atoms. The van der Waals surface area contributed by atoms with Crippen molar-refractivity contribution in [2.24, 2.45) is 0 Å². The Morgan fingerprint density at radius 3 is 2.50 bits per heavy atom. The number of halogens is 3. The first-order chi connectivity index (χ1) is 15.2. The van der Waals surface area contributed by atoms with Gasteiger partial charge in [0.05, 0.1) is 23.6 Å². The lowest BCUT2D eigenvalue weighted by molar-refractivity contribution is 0.622. The van der Waals surface area contributed by atoms with Gasteiger partial charge in [-0.05, 0) is 18.9 Å². The lowest BCUT2D eigenvalue weighted by Crippen LogP contribution is -2.14. The van der Waals surface area contributed by atoms with Gasteiger partial charge in [0, 0.05) is 23.5 Å². The summed E-state index contributed by atoms with van der Waals surface area (Å²) in [7, 11) is 0. The van der Waals surface area contributed by atoms with Gasteiger partial charge >= 0.3 is 0 Å². The van der Waals surface area contributed by atoms with E-state index < -0.39 is 11.9 Å². The molecular weight excluding hydrogens is 456 g/mol. The van der Waals surface area contributed by atoms with E-state index in [0.29, 0.717) is 33.2 Å². The molecule has 4 rings (SSSR count). The van der Waals surface area contributed by atoms with E-state index in [9.17, 15) is 4.39 Å². The first-order valence-electron chi connectivity index (χ1n) is 9.70. The fourth-order valence-corrected chi connectivity index (χ4v) is 3.82. The quantitative estimate of drug-likeness (QED) is 0.384. The van der Waals surface area contributed by atoms with Crippen LogP contribution in [0.2, 0.25) is 10.0 Å². The number of fused-ring (bicyclic) bond motifs is 1. The summed E-state index contributed by atoms with van der Waals surface area (Å²) in [5, 5.41) is 8.32. The summed E-state index contributed by atoms with van der Waals surface area (Å²) in [5.41, 5.74) is 14.3. The van der Waals surface area contributed by atoms with Gasteiger partial charge in [-0.3, -0.25) is 4.98 Å². The van der Waals surface area contributed by atoms with Gasteiger partial charge in [-0.2, -0.15) is 15.1 Å². The molecule has 32 heavy (non-hydrogen) atoms. The summed E-state index contributed by atoms with van der Waals surface area (Å²) in [6, 6.07) is 0.936. The molecule has 0 aromatic carbocycles. The van der Waals surface area contributed by atoms with Crippen molar-refractivity contribution < 1.29 is 4.39 Å². The Kier molecular flexibility index (Phi) is 5.74. The van der Waals surface area contributed by atoms with Crippen LogP contribution < -0.4 is 16.8 Å². The zero-order chi connectivity index (χ0) is 23.2. The van der Waals surface area contributed by atoms with Crippen molar-refractivity contribution in [3.8, 4) is 11.3 Å². The third kappa shape index (κ3) is 3.98. The highest BCUT2D eigenvalue weighted by atomic mass is 35.5. The predicted octanol–water partition coefficient (Wildman–Crippen LogP) is 4.49. The minimum atomic E-state index is -0.488. The largest absolute Gasteiger partial charge is 0.382 e. The molecule has 0 saturated heterocycles. The van der Waals surface area contributed by atoms with Crippen molar-refractivity contribution in [2.75, 3.05) is 16.8 Å². The fraction of sp³-hybridized carbons (Fsp3) is 0.250. The molecule has 0 aliphatic rings. The SMILES string of the molecule is CC(C)c1nn2cc([C@H](C)Nc3nc(N)nc(N)c3Cl)c(-c3cncc(F)c3)nc2c1Cl. The Morgan fingerprint density at radius 2 is 1.81 bits per heavy atom. The summed E-state index contributed by atoms with van der Waals surface area (Å²) in [6.45, 7) is 5.84. The molecule has 0 fully saturated rings. The zero-order valence-electron chi connectivity index (χ0n) is 17.4. The van der Waals surface area contributed by atoms with Gasteiger partial charge in [0.2, 0.25) is 5.95 Å². The molecule has 0 radical (unpaired) electrons. The van der Waals surface area contributed by atoms with Crippen LogP contribution in [-0.4, -0.2) is 29.5 Å².